The van der Waals surface area contributed by atoms with E-state index < -0.39 is 0 Å². The molecule has 23 heavy (non-hydrogen) atoms. The lowest BCUT2D eigenvalue weighted by Crippen LogP contribution is -2.30. The quantitative estimate of drug-likeness (QED) is 0.820. The van der Waals surface area contributed by atoms with Crippen molar-refractivity contribution in [3.63, 3.8) is 0 Å². The Morgan fingerprint density at radius 2 is 2.22 bits per heavy atom. The second-order valence-electron chi connectivity index (χ2n) is 6.29. The molecule has 1 N–H and O–H groups in total. The molecule has 0 spiro atoms. The van der Waals surface area contributed by atoms with Crippen molar-refractivity contribution >= 4 is 21.8 Å². The van der Waals surface area contributed by atoms with Gasteiger partial charge in [-0.1, -0.05) is 6.07 Å². The number of amides is 1. The molecule has 0 bridgehead atoms. The molecule has 1 atom stereocenters. The lowest BCUT2D eigenvalue weighted by molar-refractivity contribution is -0.130. The maximum Gasteiger partial charge on any atom is 0.222 e. The van der Waals surface area contributed by atoms with Gasteiger partial charge in [0.25, 0.3) is 0 Å². The number of hydrogen-bond acceptors (Lipinski definition) is 3. The van der Waals surface area contributed by atoms with Gasteiger partial charge in [0.2, 0.25) is 5.91 Å². The van der Waals surface area contributed by atoms with Gasteiger partial charge in [0.05, 0.1) is 11.6 Å². The highest BCUT2D eigenvalue weighted by Crippen LogP contribution is 2.25. The first-order valence-electron chi connectivity index (χ1n) is 8.37. The average molecular weight is 383 g/mol. The highest BCUT2D eigenvalue weighted by molar-refractivity contribution is 9.10. The summed E-state index contributed by atoms with van der Waals surface area (Å²) in [6.07, 6.45) is 5.01. The fourth-order valence-electron chi connectivity index (χ4n) is 2.99. The number of nitrogens with zero attached hydrogens (tertiary/aromatic N) is 1. The molecule has 2 rings (SSSR count). The number of rotatable bonds is 6. The lowest BCUT2D eigenvalue weighted by atomic mass is 9.96. The van der Waals surface area contributed by atoms with E-state index in [1.807, 2.05) is 18.0 Å². The number of likely N-dealkylation sites (N-methyl/N-ethyl adjacent to an activating group) is 1. The van der Waals surface area contributed by atoms with Gasteiger partial charge in [-0.3, -0.25) is 4.79 Å². The van der Waals surface area contributed by atoms with Crippen LogP contribution in [0.15, 0.2) is 22.7 Å². The molecule has 5 heteroatoms. The second kappa shape index (κ2) is 9.28. The fourth-order valence-corrected chi connectivity index (χ4v) is 3.57. The van der Waals surface area contributed by atoms with Crippen molar-refractivity contribution in [2.75, 3.05) is 33.8 Å². The van der Waals surface area contributed by atoms with Crippen molar-refractivity contribution < 1.29 is 9.53 Å². The third kappa shape index (κ3) is 5.81. The minimum atomic E-state index is 0.268. The molecule has 1 aromatic rings. The number of nitrogens with one attached hydrogen (secondary N) is 1. The van der Waals surface area contributed by atoms with Crippen LogP contribution in [-0.2, 0) is 11.2 Å². The number of benzene rings is 1. The molecule has 0 saturated carbocycles. The Kier molecular flexibility index (Phi) is 7.37. The number of carbonyl (C=O) groups excluding carboxylic acids is 1. The standard InChI is InChI=1S/C18H27BrN2O2/c1-21(18(22)13-14-4-3-9-20-10-7-14)11-8-15-5-6-17(23-2)16(19)12-15/h5-6,12,14,20H,3-4,7-11,13H2,1-2H3. The molecule has 1 unspecified atom stereocenters. The zero-order chi connectivity index (χ0) is 16.7. The molecule has 1 aliphatic heterocycles. The monoisotopic (exact) mass is 382 g/mol. The van der Waals surface area contributed by atoms with E-state index in [2.05, 4.69) is 33.4 Å². The minimum Gasteiger partial charge on any atom is -0.496 e. The number of carbonyl (C=O) groups is 1. The van der Waals surface area contributed by atoms with Crippen LogP contribution in [-0.4, -0.2) is 44.6 Å². The first-order valence-corrected chi connectivity index (χ1v) is 9.16. The van der Waals surface area contributed by atoms with Crippen molar-refractivity contribution in [1.82, 2.24) is 10.2 Å². The third-order valence-corrected chi connectivity index (χ3v) is 5.16. The van der Waals surface area contributed by atoms with E-state index in [1.54, 1.807) is 7.11 Å². The van der Waals surface area contributed by atoms with Gasteiger partial charge in [-0.2, -0.15) is 0 Å². The molecule has 4 nitrogen and oxygen atoms in total. The zero-order valence-electron chi connectivity index (χ0n) is 14.1. The Hall–Kier alpha value is -1.07. The number of methoxy groups -OCH3 is 1. The molecular weight excluding hydrogens is 356 g/mol. The summed E-state index contributed by atoms with van der Waals surface area (Å²) < 4.78 is 6.20. The molecule has 1 aliphatic rings. The summed E-state index contributed by atoms with van der Waals surface area (Å²) >= 11 is 3.50. The smallest absolute Gasteiger partial charge is 0.222 e. The van der Waals surface area contributed by atoms with Crippen molar-refractivity contribution in [3.8, 4) is 5.75 Å². The van der Waals surface area contributed by atoms with E-state index in [4.69, 9.17) is 4.74 Å². The molecule has 0 aromatic heterocycles. The van der Waals surface area contributed by atoms with E-state index >= 15 is 0 Å². The molecule has 128 valence electrons. The van der Waals surface area contributed by atoms with Crippen LogP contribution in [0.3, 0.4) is 0 Å². The van der Waals surface area contributed by atoms with Crippen molar-refractivity contribution in [3.05, 3.63) is 28.2 Å². The summed E-state index contributed by atoms with van der Waals surface area (Å²) in [6, 6.07) is 6.08. The van der Waals surface area contributed by atoms with Gasteiger partial charge < -0.3 is 15.0 Å². The van der Waals surface area contributed by atoms with Gasteiger partial charge in [-0.15, -0.1) is 0 Å². The Balaban J connectivity index is 1.80. The molecule has 1 amide bonds. The Morgan fingerprint density at radius 1 is 1.39 bits per heavy atom. The van der Waals surface area contributed by atoms with E-state index in [0.29, 0.717) is 12.3 Å². The first kappa shape index (κ1) is 18.3. The largest absolute Gasteiger partial charge is 0.496 e. The summed E-state index contributed by atoms with van der Waals surface area (Å²) in [7, 11) is 3.57. The summed E-state index contributed by atoms with van der Waals surface area (Å²) in [6.45, 7) is 2.89. The predicted molar refractivity (Wildman–Crippen MR) is 96.9 cm³/mol. The molecule has 1 saturated heterocycles. The van der Waals surface area contributed by atoms with E-state index in [-0.39, 0.29) is 5.91 Å². The lowest BCUT2D eigenvalue weighted by Gasteiger charge is -2.21. The third-order valence-electron chi connectivity index (χ3n) is 4.54. The van der Waals surface area contributed by atoms with E-state index in [1.165, 1.54) is 12.0 Å². The summed E-state index contributed by atoms with van der Waals surface area (Å²) in [5.41, 5.74) is 1.20. The topological polar surface area (TPSA) is 41.6 Å². The number of halogens is 1. The summed E-state index contributed by atoms with van der Waals surface area (Å²) in [5, 5.41) is 3.40. The van der Waals surface area contributed by atoms with Crippen molar-refractivity contribution in [1.29, 1.82) is 0 Å². The molecule has 0 radical (unpaired) electrons. The maximum absolute atomic E-state index is 12.4. The van der Waals surface area contributed by atoms with Crippen LogP contribution in [0.4, 0.5) is 0 Å². The molecular formula is C18H27BrN2O2. The number of hydrogen-bond donors (Lipinski definition) is 1. The van der Waals surface area contributed by atoms with Gasteiger partial charge in [0, 0.05) is 20.0 Å². The van der Waals surface area contributed by atoms with Crippen LogP contribution >= 0.6 is 15.9 Å². The normalized spacial score (nSPS) is 18.3. The highest BCUT2D eigenvalue weighted by Gasteiger charge is 2.18. The van der Waals surface area contributed by atoms with Crippen LogP contribution in [0.1, 0.15) is 31.2 Å². The Bertz CT molecular complexity index is 514. The molecule has 1 fully saturated rings. The van der Waals surface area contributed by atoms with E-state index in [0.717, 1.165) is 49.1 Å². The predicted octanol–water partition coefficient (Wildman–Crippen LogP) is 3.24. The summed E-state index contributed by atoms with van der Waals surface area (Å²) in [5.74, 6) is 1.64. The van der Waals surface area contributed by atoms with Crippen molar-refractivity contribution in [2.24, 2.45) is 5.92 Å². The van der Waals surface area contributed by atoms with Crippen LogP contribution in [0.2, 0.25) is 0 Å². The van der Waals surface area contributed by atoms with Crippen LogP contribution in [0.5, 0.6) is 5.75 Å². The van der Waals surface area contributed by atoms with Gasteiger partial charge in [-0.25, -0.2) is 0 Å². The summed E-state index contributed by atoms with van der Waals surface area (Å²) in [4.78, 5) is 14.3. The zero-order valence-corrected chi connectivity index (χ0v) is 15.7. The maximum atomic E-state index is 12.4. The van der Waals surface area contributed by atoms with Crippen LogP contribution < -0.4 is 10.1 Å². The molecule has 1 aromatic carbocycles. The average Bonchev–Trinajstić information content (AvgIpc) is 2.81. The van der Waals surface area contributed by atoms with Gasteiger partial charge in [0.15, 0.2) is 0 Å². The number of ether oxygens (including phenoxy) is 1. The van der Waals surface area contributed by atoms with Gasteiger partial charge >= 0.3 is 0 Å². The van der Waals surface area contributed by atoms with Crippen LogP contribution in [0.25, 0.3) is 0 Å². The van der Waals surface area contributed by atoms with Gasteiger partial charge in [0.1, 0.15) is 5.75 Å². The highest BCUT2D eigenvalue weighted by atomic mass is 79.9. The van der Waals surface area contributed by atoms with Crippen LogP contribution in [0, 0.1) is 5.92 Å². The molecule has 1 heterocycles. The first-order chi connectivity index (χ1) is 11.1. The van der Waals surface area contributed by atoms with Crippen molar-refractivity contribution in [2.45, 2.75) is 32.1 Å². The molecule has 0 aliphatic carbocycles. The van der Waals surface area contributed by atoms with Gasteiger partial charge in [-0.05, 0) is 78.3 Å². The van der Waals surface area contributed by atoms with E-state index in [9.17, 15) is 4.79 Å². The SMILES string of the molecule is COc1ccc(CCN(C)C(=O)CC2CCCNCC2)cc1Br. The second-order valence-corrected chi connectivity index (χ2v) is 7.14. The minimum absolute atomic E-state index is 0.268. The fraction of sp³-hybridized carbons (Fsp3) is 0.611. The Labute approximate surface area is 147 Å². The Morgan fingerprint density at radius 3 is 2.96 bits per heavy atom.